The van der Waals surface area contributed by atoms with Gasteiger partial charge in [-0.05, 0) is 46.2 Å². The normalized spacial score (nSPS) is 11.0. The number of rotatable bonds is 10. The number of ether oxygens (including phenoxy) is 1. The van der Waals surface area contributed by atoms with E-state index in [0.29, 0.717) is 19.0 Å². The summed E-state index contributed by atoms with van der Waals surface area (Å²) in [5.41, 5.74) is 4.27. The van der Waals surface area contributed by atoms with E-state index in [0.717, 1.165) is 16.7 Å². The van der Waals surface area contributed by atoms with Gasteiger partial charge in [-0.15, -0.1) is 0 Å². The summed E-state index contributed by atoms with van der Waals surface area (Å²) in [6.45, 7) is 8.94. The Bertz CT molecular complexity index is 1100. The van der Waals surface area contributed by atoms with E-state index >= 15 is 0 Å². The predicted molar refractivity (Wildman–Crippen MR) is 134 cm³/mol. The smallest absolute Gasteiger partial charge is 0.339 e. The number of carbonyl (C=O) groups excluding carboxylic acids is 1. The molecule has 0 fully saturated rings. The summed E-state index contributed by atoms with van der Waals surface area (Å²) in [6, 6.07) is 23.2. The van der Waals surface area contributed by atoms with E-state index in [4.69, 9.17) is 4.74 Å². The molecule has 1 amide bonds. The van der Waals surface area contributed by atoms with Gasteiger partial charge < -0.3 is 14.7 Å². The van der Waals surface area contributed by atoms with E-state index in [9.17, 15) is 14.7 Å². The van der Waals surface area contributed by atoms with Crippen LogP contribution in [0.3, 0.4) is 0 Å². The standard InChI is InChI=1S/C29H33NO4/c1-20(2)24-12-10-23(11-13-24)18-30(17-22-8-6-5-7-9-22)28(31)19-34-27-15-14-25(21(3)4)16-26(27)29(32)33/h5-16,20-21H,17-19H2,1-4H3,(H,32,33). The third-order valence-corrected chi connectivity index (χ3v) is 5.84. The van der Waals surface area contributed by atoms with Crippen LogP contribution in [0.2, 0.25) is 0 Å². The average molecular weight is 460 g/mol. The van der Waals surface area contributed by atoms with E-state index in [2.05, 4.69) is 38.1 Å². The summed E-state index contributed by atoms with van der Waals surface area (Å²) in [4.78, 5) is 26.7. The van der Waals surface area contributed by atoms with Crippen LogP contribution in [0.4, 0.5) is 0 Å². The number of amides is 1. The van der Waals surface area contributed by atoms with Crippen LogP contribution in [0.15, 0.2) is 72.8 Å². The molecule has 0 aromatic heterocycles. The Kier molecular flexibility index (Phi) is 8.47. The maximum atomic E-state index is 13.2. The first-order chi connectivity index (χ1) is 16.2. The highest BCUT2D eigenvalue weighted by molar-refractivity contribution is 5.91. The molecular weight excluding hydrogens is 426 g/mol. The summed E-state index contributed by atoms with van der Waals surface area (Å²) < 4.78 is 5.73. The van der Waals surface area contributed by atoms with Gasteiger partial charge in [0.1, 0.15) is 11.3 Å². The van der Waals surface area contributed by atoms with Gasteiger partial charge in [-0.25, -0.2) is 4.79 Å². The summed E-state index contributed by atoms with van der Waals surface area (Å²) in [7, 11) is 0. The number of nitrogens with zero attached hydrogens (tertiary/aromatic N) is 1. The Labute approximate surface area is 202 Å². The number of carboxylic acids is 1. The highest BCUT2D eigenvalue weighted by Crippen LogP contribution is 2.25. The van der Waals surface area contributed by atoms with Crippen molar-refractivity contribution in [3.8, 4) is 5.75 Å². The van der Waals surface area contributed by atoms with Gasteiger partial charge in [0.25, 0.3) is 5.91 Å². The minimum atomic E-state index is -1.07. The highest BCUT2D eigenvalue weighted by Gasteiger charge is 2.19. The molecule has 5 heteroatoms. The van der Waals surface area contributed by atoms with E-state index in [1.165, 1.54) is 5.56 Å². The van der Waals surface area contributed by atoms with Crippen molar-refractivity contribution in [2.45, 2.75) is 52.6 Å². The lowest BCUT2D eigenvalue weighted by atomic mass is 10.0. The van der Waals surface area contributed by atoms with E-state index in [1.807, 2.05) is 50.2 Å². The van der Waals surface area contributed by atoms with Gasteiger partial charge in [-0.2, -0.15) is 0 Å². The van der Waals surface area contributed by atoms with Gasteiger partial charge in [0.05, 0.1) is 0 Å². The van der Waals surface area contributed by atoms with Crippen molar-refractivity contribution in [3.05, 3.63) is 101 Å². The van der Waals surface area contributed by atoms with Crippen molar-refractivity contribution in [3.63, 3.8) is 0 Å². The molecule has 0 unspecified atom stereocenters. The molecule has 178 valence electrons. The van der Waals surface area contributed by atoms with E-state index in [-0.39, 0.29) is 29.7 Å². The second-order valence-electron chi connectivity index (χ2n) is 9.14. The van der Waals surface area contributed by atoms with Crippen molar-refractivity contribution >= 4 is 11.9 Å². The molecule has 0 aliphatic rings. The monoisotopic (exact) mass is 459 g/mol. The molecule has 0 radical (unpaired) electrons. The average Bonchev–Trinajstić information content (AvgIpc) is 2.82. The fraction of sp³-hybridized carbons (Fsp3) is 0.310. The van der Waals surface area contributed by atoms with Crippen molar-refractivity contribution in [1.82, 2.24) is 4.90 Å². The first-order valence-electron chi connectivity index (χ1n) is 11.6. The van der Waals surface area contributed by atoms with Crippen molar-refractivity contribution in [2.24, 2.45) is 0 Å². The molecule has 3 rings (SSSR count). The van der Waals surface area contributed by atoms with Gasteiger partial charge in [0.2, 0.25) is 0 Å². The quantitative estimate of drug-likeness (QED) is 0.390. The highest BCUT2D eigenvalue weighted by atomic mass is 16.5. The Morgan fingerprint density at radius 3 is 1.91 bits per heavy atom. The van der Waals surface area contributed by atoms with Crippen LogP contribution in [0.1, 0.15) is 72.1 Å². The van der Waals surface area contributed by atoms with Crippen LogP contribution in [-0.4, -0.2) is 28.5 Å². The first kappa shape index (κ1) is 25.0. The molecule has 5 nitrogen and oxygen atoms in total. The Morgan fingerprint density at radius 2 is 1.35 bits per heavy atom. The largest absolute Gasteiger partial charge is 0.483 e. The number of aromatic carboxylic acids is 1. The fourth-order valence-electron chi connectivity index (χ4n) is 3.69. The summed E-state index contributed by atoms with van der Waals surface area (Å²) >= 11 is 0. The maximum absolute atomic E-state index is 13.2. The van der Waals surface area contributed by atoms with Gasteiger partial charge in [-0.3, -0.25) is 4.79 Å². The Balaban J connectivity index is 1.78. The van der Waals surface area contributed by atoms with Gasteiger partial charge in [0.15, 0.2) is 6.61 Å². The number of carbonyl (C=O) groups is 2. The molecule has 0 aliphatic heterocycles. The van der Waals surface area contributed by atoms with Crippen LogP contribution >= 0.6 is 0 Å². The van der Waals surface area contributed by atoms with Crippen molar-refractivity contribution in [2.75, 3.05) is 6.61 Å². The molecule has 0 saturated carbocycles. The molecule has 0 bridgehead atoms. The molecule has 0 saturated heterocycles. The molecule has 0 spiro atoms. The summed E-state index contributed by atoms with van der Waals surface area (Å²) in [6.07, 6.45) is 0. The molecule has 1 N–H and O–H groups in total. The topological polar surface area (TPSA) is 66.8 Å². The molecule has 0 heterocycles. The van der Waals surface area contributed by atoms with Crippen LogP contribution in [0.25, 0.3) is 0 Å². The lowest BCUT2D eigenvalue weighted by Crippen LogP contribution is -2.34. The molecular formula is C29H33NO4. The van der Waals surface area contributed by atoms with Crippen LogP contribution < -0.4 is 4.74 Å². The number of carboxylic acid groups (broad SMARTS) is 1. The predicted octanol–water partition coefficient (Wildman–Crippen LogP) is 6.24. The Morgan fingerprint density at radius 1 is 0.794 bits per heavy atom. The molecule has 34 heavy (non-hydrogen) atoms. The Hall–Kier alpha value is -3.60. The van der Waals surface area contributed by atoms with Crippen LogP contribution in [-0.2, 0) is 17.9 Å². The molecule has 0 atom stereocenters. The van der Waals surface area contributed by atoms with Crippen molar-refractivity contribution < 1.29 is 19.4 Å². The van der Waals surface area contributed by atoms with Crippen LogP contribution in [0.5, 0.6) is 5.75 Å². The minimum absolute atomic E-state index is 0.0675. The zero-order valence-electron chi connectivity index (χ0n) is 20.3. The fourth-order valence-corrected chi connectivity index (χ4v) is 3.69. The summed E-state index contributed by atoms with van der Waals surface area (Å²) in [5, 5.41) is 9.62. The number of hydrogen-bond acceptors (Lipinski definition) is 3. The number of benzene rings is 3. The number of hydrogen-bond donors (Lipinski definition) is 1. The van der Waals surface area contributed by atoms with Crippen LogP contribution in [0, 0.1) is 0 Å². The van der Waals surface area contributed by atoms with Gasteiger partial charge in [-0.1, -0.05) is 88.4 Å². The third kappa shape index (κ3) is 6.70. The SMILES string of the molecule is CC(C)c1ccc(CN(Cc2ccccc2)C(=O)COc2ccc(C(C)C)cc2C(=O)O)cc1. The summed E-state index contributed by atoms with van der Waals surface area (Å²) in [5.74, 6) is -0.448. The second-order valence-corrected chi connectivity index (χ2v) is 9.14. The van der Waals surface area contributed by atoms with Gasteiger partial charge >= 0.3 is 5.97 Å². The molecule has 3 aromatic carbocycles. The van der Waals surface area contributed by atoms with E-state index in [1.54, 1.807) is 17.0 Å². The zero-order chi connectivity index (χ0) is 24.7. The third-order valence-electron chi connectivity index (χ3n) is 5.84. The minimum Gasteiger partial charge on any atom is -0.483 e. The zero-order valence-corrected chi connectivity index (χ0v) is 20.3. The second kappa shape index (κ2) is 11.5. The lowest BCUT2D eigenvalue weighted by molar-refractivity contribution is -0.134. The maximum Gasteiger partial charge on any atom is 0.339 e. The first-order valence-corrected chi connectivity index (χ1v) is 11.6. The van der Waals surface area contributed by atoms with Crippen molar-refractivity contribution in [1.29, 1.82) is 0 Å². The molecule has 3 aromatic rings. The lowest BCUT2D eigenvalue weighted by Gasteiger charge is -2.24. The van der Waals surface area contributed by atoms with Gasteiger partial charge in [0, 0.05) is 13.1 Å². The van der Waals surface area contributed by atoms with E-state index < -0.39 is 5.97 Å². The molecule has 0 aliphatic carbocycles.